The van der Waals surface area contributed by atoms with Gasteiger partial charge in [-0.3, -0.25) is 4.98 Å². The molecule has 0 atom stereocenters. The van der Waals surface area contributed by atoms with Crippen LogP contribution in [0.2, 0.25) is 0 Å². The fraction of sp³-hybridized carbons (Fsp3) is 0.400. The third-order valence-corrected chi connectivity index (χ3v) is 1.88. The third kappa shape index (κ3) is 3.43. The molecule has 1 aromatic heterocycles. The Morgan fingerprint density at radius 1 is 1.57 bits per heavy atom. The summed E-state index contributed by atoms with van der Waals surface area (Å²) in [5, 5.41) is 8.23. The predicted molar refractivity (Wildman–Crippen MR) is 51.3 cm³/mol. The van der Waals surface area contributed by atoms with Crippen LogP contribution < -0.4 is 0 Å². The fourth-order valence-electron chi connectivity index (χ4n) is 1.06. The summed E-state index contributed by atoms with van der Waals surface area (Å²) < 4.78 is 4.38. The quantitative estimate of drug-likeness (QED) is 0.745. The van der Waals surface area contributed by atoms with Gasteiger partial charge in [-0.25, -0.2) is 4.79 Å². The SMILES string of the molecule is CCc1ccc(CCOC(=O)O)nc1. The average Bonchev–Trinajstić information content (AvgIpc) is 2.18. The Bertz CT molecular complexity index is 295. The molecule has 1 rings (SSSR count). The Kier molecular flexibility index (Phi) is 3.91. The maximum atomic E-state index is 10.0. The van der Waals surface area contributed by atoms with E-state index in [-0.39, 0.29) is 6.61 Å². The lowest BCUT2D eigenvalue weighted by Gasteiger charge is -2.01. The zero-order valence-corrected chi connectivity index (χ0v) is 8.06. The number of rotatable bonds is 4. The Morgan fingerprint density at radius 2 is 2.36 bits per heavy atom. The van der Waals surface area contributed by atoms with E-state index in [1.807, 2.05) is 12.1 Å². The van der Waals surface area contributed by atoms with Crippen molar-refractivity contribution in [2.75, 3.05) is 6.61 Å². The number of carbonyl (C=O) groups is 1. The second-order valence-corrected chi connectivity index (χ2v) is 2.88. The molecule has 0 saturated carbocycles. The molecule has 0 aliphatic rings. The van der Waals surface area contributed by atoms with Crippen molar-refractivity contribution < 1.29 is 14.6 Å². The summed E-state index contributed by atoms with van der Waals surface area (Å²) in [5.74, 6) is 0. The van der Waals surface area contributed by atoms with E-state index in [1.54, 1.807) is 6.20 Å². The van der Waals surface area contributed by atoms with E-state index >= 15 is 0 Å². The number of ether oxygens (including phenoxy) is 1. The molecular weight excluding hydrogens is 182 g/mol. The molecule has 1 aromatic rings. The first-order valence-corrected chi connectivity index (χ1v) is 4.52. The summed E-state index contributed by atoms with van der Waals surface area (Å²) in [7, 11) is 0. The van der Waals surface area contributed by atoms with Crippen LogP contribution in [0.4, 0.5) is 4.79 Å². The van der Waals surface area contributed by atoms with Gasteiger partial charge in [0.15, 0.2) is 0 Å². The van der Waals surface area contributed by atoms with Crippen LogP contribution in [-0.2, 0) is 17.6 Å². The van der Waals surface area contributed by atoms with Gasteiger partial charge in [-0.05, 0) is 18.1 Å². The highest BCUT2D eigenvalue weighted by atomic mass is 16.7. The fourth-order valence-corrected chi connectivity index (χ4v) is 1.06. The Morgan fingerprint density at radius 3 is 2.86 bits per heavy atom. The maximum Gasteiger partial charge on any atom is 0.505 e. The first-order valence-electron chi connectivity index (χ1n) is 4.52. The zero-order chi connectivity index (χ0) is 10.4. The van der Waals surface area contributed by atoms with E-state index < -0.39 is 6.16 Å². The van der Waals surface area contributed by atoms with E-state index in [1.165, 1.54) is 5.56 Å². The third-order valence-electron chi connectivity index (χ3n) is 1.88. The molecule has 0 radical (unpaired) electrons. The van der Waals surface area contributed by atoms with Crippen molar-refractivity contribution in [3.8, 4) is 0 Å². The van der Waals surface area contributed by atoms with Gasteiger partial charge >= 0.3 is 6.16 Å². The normalized spacial score (nSPS) is 9.79. The number of carboxylic acid groups (broad SMARTS) is 1. The highest BCUT2D eigenvalue weighted by Crippen LogP contribution is 2.01. The maximum absolute atomic E-state index is 10.0. The van der Waals surface area contributed by atoms with Gasteiger partial charge in [0.25, 0.3) is 0 Å². The summed E-state index contributed by atoms with van der Waals surface area (Å²) in [6.07, 6.45) is 2.04. The average molecular weight is 195 g/mol. The minimum atomic E-state index is -1.24. The molecular formula is C10H13NO3. The molecule has 1 N–H and O–H groups in total. The lowest BCUT2D eigenvalue weighted by Crippen LogP contribution is -2.05. The van der Waals surface area contributed by atoms with Crippen LogP contribution in [0.15, 0.2) is 18.3 Å². The lowest BCUT2D eigenvalue weighted by molar-refractivity contribution is 0.0925. The van der Waals surface area contributed by atoms with Crippen LogP contribution >= 0.6 is 0 Å². The molecule has 76 valence electrons. The number of hydrogen-bond donors (Lipinski definition) is 1. The van der Waals surface area contributed by atoms with E-state index in [9.17, 15) is 4.79 Å². The highest BCUT2D eigenvalue weighted by Gasteiger charge is 1.98. The van der Waals surface area contributed by atoms with Crippen molar-refractivity contribution in [2.45, 2.75) is 19.8 Å². The molecule has 0 unspecified atom stereocenters. The molecule has 14 heavy (non-hydrogen) atoms. The van der Waals surface area contributed by atoms with Crippen molar-refractivity contribution in [3.05, 3.63) is 29.6 Å². The minimum absolute atomic E-state index is 0.161. The summed E-state index contributed by atoms with van der Waals surface area (Å²) >= 11 is 0. The van der Waals surface area contributed by atoms with Crippen LogP contribution in [-0.4, -0.2) is 22.9 Å². The molecule has 0 aliphatic carbocycles. The number of nitrogens with zero attached hydrogens (tertiary/aromatic N) is 1. The van der Waals surface area contributed by atoms with Crippen molar-refractivity contribution in [2.24, 2.45) is 0 Å². The minimum Gasteiger partial charge on any atom is -0.450 e. The van der Waals surface area contributed by atoms with E-state index in [0.717, 1.165) is 12.1 Å². The monoisotopic (exact) mass is 195 g/mol. The van der Waals surface area contributed by atoms with Crippen molar-refractivity contribution in [1.29, 1.82) is 0 Å². The predicted octanol–water partition coefficient (Wildman–Crippen LogP) is 1.88. The van der Waals surface area contributed by atoms with Crippen molar-refractivity contribution in [3.63, 3.8) is 0 Å². The number of pyridine rings is 1. The topological polar surface area (TPSA) is 59.4 Å². The Balaban J connectivity index is 2.40. The van der Waals surface area contributed by atoms with Crippen molar-refractivity contribution >= 4 is 6.16 Å². The summed E-state index contributed by atoms with van der Waals surface area (Å²) in [6.45, 7) is 2.22. The largest absolute Gasteiger partial charge is 0.505 e. The van der Waals surface area contributed by atoms with Crippen LogP contribution in [0.5, 0.6) is 0 Å². The number of hydrogen-bond acceptors (Lipinski definition) is 3. The van der Waals surface area contributed by atoms with Crippen LogP contribution in [0.25, 0.3) is 0 Å². The molecule has 4 heteroatoms. The molecule has 0 fully saturated rings. The Hall–Kier alpha value is -1.58. The zero-order valence-electron chi connectivity index (χ0n) is 8.06. The standard InChI is InChI=1S/C10H13NO3/c1-2-8-3-4-9(11-7-8)5-6-14-10(12)13/h3-4,7H,2,5-6H2,1H3,(H,12,13). The summed E-state index contributed by atoms with van der Waals surface area (Å²) in [4.78, 5) is 14.2. The van der Waals surface area contributed by atoms with Gasteiger partial charge in [-0.15, -0.1) is 0 Å². The second-order valence-electron chi connectivity index (χ2n) is 2.88. The lowest BCUT2D eigenvalue weighted by atomic mass is 10.2. The summed E-state index contributed by atoms with van der Waals surface area (Å²) in [6, 6.07) is 3.88. The first-order chi connectivity index (χ1) is 6.72. The van der Waals surface area contributed by atoms with E-state index in [4.69, 9.17) is 5.11 Å². The molecule has 0 aliphatic heterocycles. The van der Waals surface area contributed by atoms with E-state index in [0.29, 0.717) is 6.42 Å². The van der Waals surface area contributed by atoms with Gasteiger partial charge in [0.1, 0.15) is 6.61 Å². The van der Waals surface area contributed by atoms with Crippen LogP contribution in [0.1, 0.15) is 18.2 Å². The molecule has 1 heterocycles. The Labute approximate surface area is 82.5 Å². The summed E-state index contributed by atoms with van der Waals surface area (Å²) in [5.41, 5.74) is 2.02. The second kappa shape index (κ2) is 5.21. The van der Waals surface area contributed by atoms with Gasteiger partial charge < -0.3 is 9.84 Å². The van der Waals surface area contributed by atoms with Gasteiger partial charge in [-0.2, -0.15) is 0 Å². The van der Waals surface area contributed by atoms with Gasteiger partial charge in [0.2, 0.25) is 0 Å². The van der Waals surface area contributed by atoms with Gasteiger partial charge in [-0.1, -0.05) is 13.0 Å². The molecule has 0 bridgehead atoms. The van der Waals surface area contributed by atoms with Crippen LogP contribution in [0.3, 0.4) is 0 Å². The smallest absolute Gasteiger partial charge is 0.450 e. The first kappa shape index (κ1) is 10.5. The molecule has 4 nitrogen and oxygen atoms in total. The van der Waals surface area contributed by atoms with Gasteiger partial charge in [0, 0.05) is 18.3 Å². The molecule has 0 amide bonds. The molecule has 0 spiro atoms. The van der Waals surface area contributed by atoms with E-state index in [2.05, 4.69) is 16.6 Å². The number of aromatic nitrogens is 1. The molecule has 0 aromatic carbocycles. The van der Waals surface area contributed by atoms with Crippen LogP contribution in [0, 0.1) is 0 Å². The molecule has 0 saturated heterocycles. The number of aryl methyl sites for hydroxylation is 1. The van der Waals surface area contributed by atoms with Gasteiger partial charge in [0.05, 0.1) is 0 Å². The van der Waals surface area contributed by atoms with Crippen molar-refractivity contribution in [1.82, 2.24) is 4.98 Å². The highest BCUT2D eigenvalue weighted by molar-refractivity contribution is 5.56.